The highest BCUT2D eigenvalue weighted by Crippen LogP contribution is 2.33. The summed E-state index contributed by atoms with van der Waals surface area (Å²) in [6.45, 7) is 6.84. The first-order chi connectivity index (χ1) is 8.35. The van der Waals surface area contributed by atoms with E-state index in [2.05, 4.69) is 17.1 Å². The van der Waals surface area contributed by atoms with Crippen LogP contribution in [0.15, 0.2) is 0 Å². The fourth-order valence-corrected chi connectivity index (χ4v) is 3.02. The zero-order valence-corrected chi connectivity index (χ0v) is 11.5. The Bertz CT molecular complexity index is 212. The van der Waals surface area contributed by atoms with Crippen LogP contribution in [0.25, 0.3) is 0 Å². The van der Waals surface area contributed by atoms with Crippen LogP contribution < -0.4 is 5.32 Å². The first kappa shape index (κ1) is 13.3. The highest BCUT2D eigenvalue weighted by Gasteiger charge is 2.34. The van der Waals surface area contributed by atoms with E-state index in [4.69, 9.17) is 4.74 Å². The summed E-state index contributed by atoms with van der Waals surface area (Å²) in [6, 6.07) is 1.37. The molecule has 100 valence electrons. The van der Waals surface area contributed by atoms with Crippen molar-refractivity contribution >= 4 is 0 Å². The van der Waals surface area contributed by atoms with Gasteiger partial charge in [-0.1, -0.05) is 13.3 Å². The number of nitrogens with zero attached hydrogens (tertiary/aromatic N) is 1. The van der Waals surface area contributed by atoms with E-state index in [0.717, 1.165) is 18.6 Å². The lowest BCUT2D eigenvalue weighted by atomic mass is 10.1. The van der Waals surface area contributed by atoms with Crippen molar-refractivity contribution in [2.45, 2.75) is 51.1 Å². The molecule has 0 radical (unpaired) electrons. The van der Waals surface area contributed by atoms with Gasteiger partial charge in [-0.25, -0.2) is 0 Å². The smallest absolute Gasteiger partial charge is 0.0618 e. The van der Waals surface area contributed by atoms with Crippen LogP contribution in [0.3, 0.4) is 0 Å². The van der Waals surface area contributed by atoms with Crippen molar-refractivity contribution in [3.05, 3.63) is 0 Å². The predicted molar refractivity (Wildman–Crippen MR) is 71.3 cm³/mol. The predicted octanol–water partition coefficient (Wildman–Crippen LogP) is 1.88. The third-order valence-corrected chi connectivity index (χ3v) is 4.15. The number of nitrogens with one attached hydrogen (secondary N) is 1. The zero-order valence-electron chi connectivity index (χ0n) is 11.5. The number of hydrogen-bond acceptors (Lipinski definition) is 3. The molecule has 1 aliphatic carbocycles. The molecule has 1 N–H and O–H groups in total. The standard InChI is InChI=1S/C14H28N2O/c1-3-5-13(11-17-2)16-9-4-8-15-14(10-16)12-6-7-12/h12-15H,3-11H2,1-2H3. The molecule has 0 amide bonds. The van der Waals surface area contributed by atoms with Gasteiger partial charge in [-0.05, 0) is 44.7 Å². The van der Waals surface area contributed by atoms with Crippen LogP contribution in [-0.4, -0.2) is 50.3 Å². The number of ether oxygens (including phenoxy) is 1. The van der Waals surface area contributed by atoms with Gasteiger partial charge in [0.2, 0.25) is 0 Å². The van der Waals surface area contributed by atoms with E-state index in [1.165, 1.54) is 51.7 Å². The van der Waals surface area contributed by atoms with E-state index in [0.29, 0.717) is 6.04 Å². The van der Waals surface area contributed by atoms with Gasteiger partial charge in [0.25, 0.3) is 0 Å². The molecular weight excluding hydrogens is 212 g/mol. The Morgan fingerprint density at radius 1 is 1.41 bits per heavy atom. The maximum atomic E-state index is 5.40. The van der Waals surface area contributed by atoms with Crippen molar-refractivity contribution in [2.24, 2.45) is 5.92 Å². The van der Waals surface area contributed by atoms with Crippen molar-refractivity contribution in [1.82, 2.24) is 10.2 Å². The van der Waals surface area contributed by atoms with E-state index >= 15 is 0 Å². The summed E-state index contributed by atoms with van der Waals surface area (Å²) >= 11 is 0. The molecule has 1 saturated carbocycles. The van der Waals surface area contributed by atoms with Gasteiger partial charge >= 0.3 is 0 Å². The highest BCUT2D eigenvalue weighted by atomic mass is 16.5. The minimum atomic E-state index is 0.631. The molecule has 0 aromatic heterocycles. The Morgan fingerprint density at radius 3 is 2.88 bits per heavy atom. The Morgan fingerprint density at radius 2 is 2.24 bits per heavy atom. The average Bonchev–Trinajstić information content (AvgIpc) is 3.15. The maximum Gasteiger partial charge on any atom is 0.0618 e. The molecule has 2 aliphatic rings. The minimum absolute atomic E-state index is 0.631. The number of rotatable bonds is 6. The fraction of sp³-hybridized carbons (Fsp3) is 1.00. The second-order valence-electron chi connectivity index (χ2n) is 5.64. The summed E-state index contributed by atoms with van der Waals surface area (Å²) < 4.78 is 5.40. The molecule has 2 unspecified atom stereocenters. The lowest BCUT2D eigenvalue weighted by molar-refractivity contribution is 0.0817. The van der Waals surface area contributed by atoms with Crippen LogP contribution in [0.2, 0.25) is 0 Å². The summed E-state index contributed by atoms with van der Waals surface area (Å²) in [5.41, 5.74) is 0. The largest absolute Gasteiger partial charge is 0.383 e. The maximum absolute atomic E-state index is 5.40. The topological polar surface area (TPSA) is 24.5 Å². The van der Waals surface area contributed by atoms with Gasteiger partial charge in [-0.2, -0.15) is 0 Å². The van der Waals surface area contributed by atoms with Crippen LogP contribution in [-0.2, 0) is 4.74 Å². The van der Waals surface area contributed by atoms with E-state index < -0.39 is 0 Å². The molecule has 1 aliphatic heterocycles. The van der Waals surface area contributed by atoms with Crippen molar-refractivity contribution in [2.75, 3.05) is 33.4 Å². The van der Waals surface area contributed by atoms with Gasteiger partial charge in [-0.3, -0.25) is 4.90 Å². The second kappa shape index (κ2) is 6.72. The lowest BCUT2D eigenvalue weighted by Gasteiger charge is -2.32. The van der Waals surface area contributed by atoms with E-state index in [9.17, 15) is 0 Å². The Hall–Kier alpha value is -0.120. The first-order valence-electron chi connectivity index (χ1n) is 7.31. The summed E-state index contributed by atoms with van der Waals surface area (Å²) in [5.74, 6) is 0.959. The third-order valence-electron chi connectivity index (χ3n) is 4.15. The highest BCUT2D eigenvalue weighted by molar-refractivity contribution is 4.91. The van der Waals surface area contributed by atoms with Crippen molar-refractivity contribution < 1.29 is 4.74 Å². The quantitative estimate of drug-likeness (QED) is 0.767. The molecule has 0 aromatic rings. The third kappa shape index (κ3) is 3.94. The van der Waals surface area contributed by atoms with Crippen LogP contribution in [0, 0.1) is 5.92 Å². The van der Waals surface area contributed by atoms with E-state index in [1.807, 2.05) is 7.11 Å². The monoisotopic (exact) mass is 240 g/mol. The molecular formula is C14H28N2O. The normalized spacial score (nSPS) is 28.9. The van der Waals surface area contributed by atoms with Crippen molar-refractivity contribution in [3.8, 4) is 0 Å². The molecule has 17 heavy (non-hydrogen) atoms. The Balaban J connectivity index is 1.90. The molecule has 0 spiro atoms. The fourth-order valence-electron chi connectivity index (χ4n) is 3.02. The molecule has 1 heterocycles. The summed E-state index contributed by atoms with van der Waals surface area (Å²) in [4.78, 5) is 2.68. The average molecular weight is 240 g/mol. The Kier molecular flexibility index (Phi) is 5.26. The molecule has 2 atom stereocenters. The number of methoxy groups -OCH3 is 1. The van der Waals surface area contributed by atoms with Crippen LogP contribution in [0.1, 0.15) is 39.0 Å². The van der Waals surface area contributed by atoms with Gasteiger partial charge < -0.3 is 10.1 Å². The first-order valence-corrected chi connectivity index (χ1v) is 7.31. The van der Waals surface area contributed by atoms with Gasteiger partial charge in [0.05, 0.1) is 6.61 Å². The van der Waals surface area contributed by atoms with Crippen LogP contribution >= 0.6 is 0 Å². The number of hydrogen-bond donors (Lipinski definition) is 1. The lowest BCUT2D eigenvalue weighted by Crippen LogP contribution is -2.45. The van der Waals surface area contributed by atoms with Crippen LogP contribution in [0.5, 0.6) is 0 Å². The summed E-state index contributed by atoms with van der Waals surface area (Å²) in [5, 5.41) is 3.73. The SMILES string of the molecule is CCCC(COC)N1CCCNC(C2CC2)C1. The van der Waals surface area contributed by atoms with Gasteiger partial charge in [0.15, 0.2) is 0 Å². The summed E-state index contributed by atoms with van der Waals surface area (Å²) in [7, 11) is 1.83. The second-order valence-corrected chi connectivity index (χ2v) is 5.64. The van der Waals surface area contributed by atoms with Crippen molar-refractivity contribution in [1.29, 1.82) is 0 Å². The summed E-state index contributed by atoms with van der Waals surface area (Å²) in [6.07, 6.45) is 6.69. The Labute approximate surface area is 106 Å². The van der Waals surface area contributed by atoms with Crippen molar-refractivity contribution in [3.63, 3.8) is 0 Å². The molecule has 1 saturated heterocycles. The molecule has 0 bridgehead atoms. The van der Waals surface area contributed by atoms with Gasteiger partial charge in [0, 0.05) is 25.7 Å². The van der Waals surface area contributed by atoms with Gasteiger partial charge in [-0.15, -0.1) is 0 Å². The molecule has 2 fully saturated rings. The van der Waals surface area contributed by atoms with Gasteiger partial charge in [0.1, 0.15) is 0 Å². The molecule has 3 heteroatoms. The minimum Gasteiger partial charge on any atom is -0.383 e. The van der Waals surface area contributed by atoms with E-state index in [-0.39, 0.29) is 0 Å². The van der Waals surface area contributed by atoms with E-state index in [1.54, 1.807) is 0 Å². The molecule has 2 rings (SSSR count). The zero-order chi connectivity index (χ0) is 12.1. The molecule has 3 nitrogen and oxygen atoms in total. The van der Waals surface area contributed by atoms with Crippen LogP contribution in [0.4, 0.5) is 0 Å². The molecule has 0 aromatic carbocycles.